The molecule has 0 radical (unpaired) electrons. The summed E-state index contributed by atoms with van der Waals surface area (Å²) in [4.78, 5) is 30.9. The van der Waals surface area contributed by atoms with Gasteiger partial charge in [0, 0.05) is 40.0 Å². The Morgan fingerprint density at radius 1 is 0.851 bits per heavy atom. The molecule has 11 heteroatoms. The van der Waals surface area contributed by atoms with Gasteiger partial charge in [-0.05, 0) is 73.2 Å². The lowest BCUT2D eigenvalue weighted by Gasteiger charge is -2.34. The lowest BCUT2D eigenvalue weighted by molar-refractivity contribution is -0.140. The summed E-state index contributed by atoms with van der Waals surface area (Å²) in [6.07, 6.45) is 2.09. The van der Waals surface area contributed by atoms with Crippen LogP contribution in [0.5, 0.6) is 0 Å². The molecule has 248 valence electrons. The minimum absolute atomic E-state index is 0.0416. The Morgan fingerprint density at radius 3 is 2.04 bits per heavy atom. The summed E-state index contributed by atoms with van der Waals surface area (Å²) in [5.74, 6) is -0.791. The molecule has 0 heterocycles. The SMILES string of the molecule is CSc1ccc(S(=O)(=O)N(CC(=O)N(Cc2c(Cl)cccc2Cl)[C@@H](Cc2ccccc2)C(=O)NCC(C)C)c2ccc(C)cc2)cc1. The normalized spacial score (nSPS) is 12.1. The van der Waals surface area contributed by atoms with Crippen molar-refractivity contribution in [1.82, 2.24) is 10.2 Å². The van der Waals surface area contributed by atoms with E-state index in [2.05, 4.69) is 5.32 Å². The quantitative estimate of drug-likeness (QED) is 0.136. The second kappa shape index (κ2) is 16.6. The van der Waals surface area contributed by atoms with Gasteiger partial charge in [0.1, 0.15) is 12.6 Å². The number of amides is 2. The number of nitrogens with one attached hydrogen (secondary N) is 1. The first-order valence-electron chi connectivity index (χ1n) is 15.2. The van der Waals surface area contributed by atoms with Crippen LogP contribution in [0.3, 0.4) is 0 Å². The number of sulfonamides is 1. The fourth-order valence-corrected chi connectivity index (χ4v) is 7.28. The van der Waals surface area contributed by atoms with Crippen LogP contribution in [-0.4, -0.2) is 50.5 Å². The molecule has 0 aliphatic rings. The van der Waals surface area contributed by atoms with Crippen LogP contribution in [-0.2, 0) is 32.6 Å². The molecule has 0 aliphatic carbocycles. The first-order chi connectivity index (χ1) is 22.4. The van der Waals surface area contributed by atoms with Crippen LogP contribution in [0.15, 0.2) is 107 Å². The first kappa shape index (κ1) is 36.3. The minimum Gasteiger partial charge on any atom is -0.354 e. The van der Waals surface area contributed by atoms with Gasteiger partial charge in [0.15, 0.2) is 0 Å². The second-order valence-corrected chi connectivity index (χ2v) is 15.1. The van der Waals surface area contributed by atoms with Gasteiger partial charge in [0.2, 0.25) is 11.8 Å². The van der Waals surface area contributed by atoms with Crippen LogP contribution < -0.4 is 9.62 Å². The second-order valence-electron chi connectivity index (χ2n) is 11.6. The number of halogens is 2. The van der Waals surface area contributed by atoms with Crippen molar-refractivity contribution in [3.8, 4) is 0 Å². The van der Waals surface area contributed by atoms with E-state index in [1.165, 1.54) is 28.8 Å². The predicted octanol–water partition coefficient (Wildman–Crippen LogP) is 7.63. The summed E-state index contributed by atoms with van der Waals surface area (Å²) >= 11 is 14.7. The van der Waals surface area contributed by atoms with Crippen molar-refractivity contribution >= 4 is 62.5 Å². The highest BCUT2D eigenvalue weighted by Gasteiger charge is 2.35. The van der Waals surface area contributed by atoms with Crippen LogP contribution in [0.4, 0.5) is 5.69 Å². The Balaban J connectivity index is 1.83. The Bertz CT molecular complexity index is 1750. The smallest absolute Gasteiger partial charge is 0.264 e. The van der Waals surface area contributed by atoms with E-state index in [0.717, 1.165) is 20.3 Å². The van der Waals surface area contributed by atoms with Crippen molar-refractivity contribution in [2.45, 2.75) is 49.6 Å². The molecular formula is C36H39Cl2N3O4S2. The molecule has 0 fully saturated rings. The minimum atomic E-state index is -4.21. The van der Waals surface area contributed by atoms with Gasteiger partial charge in [-0.3, -0.25) is 13.9 Å². The van der Waals surface area contributed by atoms with Gasteiger partial charge < -0.3 is 10.2 Å². The molecule has 47 heavy (non-hydrogen) atoms. The summed E-state index contributed by atoms with van der Waals surface area (Å²) in [6, 6.07) is 26.8. The number of rotatable bonds is 14. The fourth-order valence-electron chi connectivity index (χ4n) is 4.94. The first-order valence-corrected chi connectivity index (χ1v) is 18.6. The molecule has 0 saturated heterocycles. The summed E-state index contributed by atoms with van der Waals surface area (Å²) in [5.41, 5.74) is 2.53. The average molecular weight is 713 g/mol. The molecule has 0 spiro atoms. The van der Waals surface area contributed by atoms with Gasteiger partial charge in [-0.15, -0.1) is 11.8 Å². The number of hydrogen-bond donors (Lipinski definition) is 1. The zero-order valence-corrected chi connectivity index (χ0v) is 30.0. The largest absolute Gasteiger partial charge is 0.354 e. The van der Waals surface area contributed by atoms with Crippen molar-refractivity contribution < 1.29 is 18.0 Å². The number of hydrogen-bond acceptors (Lipinski definition) is 5. The van der Waals surface area contributed by atoms with Crippen molar-refractivity contribution in [1.29, 1.82) is 0 Å². The lowest BCUT2D eigenvalue weighted by Crippen LogP contribution is -2.53. The molecule has 4 aromatic carbocycles. The molecule has 0 bridgehead atoms. The summed E-state index contributed by atoms with van der Waals surface area (Å²) in [6.45, 7) is 5.57. The van der Waals surface area contributed by atoms with Crippen LogP contribution in [0, 0.1) is 12.8 Å². The maximum atomic E-state index is 14.6. The Morgan fingerprint density at radius 2 is 1.47 bits per heavy atom. The highest BCUT2D eigenvalue weighted by Crippen LogP contribution is 2.29. The van der Waals surface area contributed by atoms with Gasteiger partial charge in [-0.25, -0.2) is 8.42 Å². The van der Waals surface area contributed by atoms with Gasteiger partial charge in [-0.2, -0.15) is 0 Å². The molecular weight excluding hydrogens is 673 g/mol. The topological polar surface area (TPSA) is 86.8 Å². The van der Waals surface area contributed by atoms with E-state index in [9.17, 15) is 18.0 Å². The Kier molecular flexibility index (Phi) is 12.8. The summed E-state index contributed by atoms with van der Waals surface area (Å²) in [5, 5.41) is 3.63. The molecule has 1 atom stereocenters. The molecule has 2 amide bonds. The maximum absolute atomic E-state index is 14.6. The van der Waals surface area contributed by atoms with Crippen LogP contribution in [0.1, 0.15) is 30.5 Å². The monoisotopic (exact) mass is 711 g/mol. The van der Waals surface area contributed by atoms with Crippen molar-refractivity contribution in [3.05, 3.63) is 124 Å². The van der Waals surface area contributed by atoms with Crippen molar-refractivity contribution in [2.24, 2.45) is 5.92 Å². The molecule has 4 aromatic rings. The number of benzene rings is 4. The number of carbonyl (C=O) groups is 2. The van der Waals surface area contributed by atoms with E-state index in [1.54, 1.807) is 54.6 Å². The summed E-state index contributed by atoms with van der Waals surface area (Å²) < 4.78 is 29.6. The molecule has 7 nitrogen and oxygen atoms in total. The van der Waals surface area contributed by atoms with Gasteiger partial charge in [0.25, 0.3) is 10.0 Å². The van der Waals surface area contributed by atoms with E-state index in [4.69, 9.17) is 23.2 Å². The van der Waals surface area contributed by atoms with E-state index in [-0.39, 0.29) is 29.7 Å². The molecule has 0 aromatic heterocycles. The average Bonchev–Trinajstić information content (AvgIpc) is 3.06. The molecule has 4 rings (SSSR count). The zero-order valence-electron chi connectivity index (χ0n) is 26.8. The summed E-state index contributed by atoms with van der Waals surface area (Å²) in [7, 11) is -4.21. The van der Waals surface area contributed by atoms with Crippen LogP contribution >= 0.6 is 35.0 Å². The maximum Gasteiger partial charge on any atom is 0.264 e. The number of carbonyl (C=O) groups excluding carboxylic acids is 2. The van der Waals surface area contributed by atoms with E-state index >= 15 is 0 Å². The number of anilines is 1. The highest BCUT2D eigenvalue weighted by atomic mass is 35.5. The van der Waals surface area contributed by atoms with Gasteiger partial charge in [0.05, 0.1) is 10.6 Å². The molecule has 0 unspecified atom stereocenters. The van der Waals surface area contributed by atoms with Crippen LogP contribution in [0.25, 0.3) is 0 Å². The van der Waals surface area contributed by atoms with Gasteiger partial charge in [-0.1, -0.05) is 91.1 Å². The fraction of sp³-hybridized carbons (Fsp3) is 0.278. The zero-order chi connectivity index (χ0) is 34.1. The Hall–Kier alpha value is -3.50. The third kappa shape index (κ3) is 9.54. The third-order valence-corrected chi connectivity index (χ3v) is 10.8. The molecule has 0 saturated carbocycles. The van der Waals surface area contributed by atoms with E-state index < -0.39 is 28.5 Å². The molecule has 1 N–H and O–H groups in total. The number of nitrogens with zero attached hydrogens (tertiary/aromatic N) is 2. The number of aryl methyl sites for hydroxylation is 1. The third-order valence-electron chi connectivity index (χ3n) is 7.59. The van der Waals surface area contributed by atoms with E-state index in [0.29, 0.717) is 27.8 Å². The lowest BCUT2D eigenvalue weighted by atomic mass is 10.0. The standard InChI is InChI=1S/C36H39Cl2N3O4S2/c1-25(2)22-39-36(43)34(21-27-9-6-5-7-10-27)40(23-31-32(37)11-8-12-33(31)38)35(42)24-41(28-15-13-26(3)14-16-28)47(44,45)30-19-17-29(46-4)18-20-30/h5-20,25,34H,21-24H2,1-4H3,(H,39,43)/t34-/m0/s1. The Labute approximate surface area is 292 Å². The van der Waals surface area contributed by atoms with Gasteiger partial charge >= 0.3 is 0 Å². The molecule has 0 aliphatic heterocycles. The van der Waals surface area contributed by atoms with Crippen LogP contribution in [0.2, 0.25) is 10.0 Å². The van der Waals surface area contributed by atoms with E-state index in [1.807, 2.05) is 57.4 Å². The highest BCUT2D eigenvalue weighted by molar-refractivity contribution is 7.98. The number of thioether (sulfide) groups is 1. The van der Waals surface area contributed by atoms with Crippen molar-refractivity contribution in [3.63, 3.8) is 0 Å². The van der Waals surface area contributed by atoms with Crippen molar-refractivity contribution in [2.75, 3.05) is 23.7 Å². The predicted molar refractivity (Wildman–Crippen MR) is 193 cm³/mol.